The highest BCUT2D eigenvalue weighted by molar-refractivity contribution is 7.88. The Kier molecular flexibility index (Phi) is 4.23. The van der Waals surface area contributed by atoms with E-state index in [2.05, 4.69) is 14.9 Å². The van der Waals surface area contributed by atoms with Crippen LogP contribution in [0.3, 0.4) is 0 Å². The van der Waals surface area contributed by atoms with Gasteiger partial charge in [-0.1, -0.05) is 17.3 Å². The first-order chi connectivity index (χ1) is 10.5. The monoisotopic (exact) mass is 337 g/mol. The maximum Gasteiger partial charge on any atom is 0.217 e. The number of sulfonamides is 1. The first kappa shape index (κ1) is 15.1. The Morgan fingerprint density at radius 3 is 2.91 bits per heavy atom. The molecule has 2 aromatic heterocycles. The molecule has 0 aliphatic carbocycles. The normalized spacial score (nSPS) is 12.0. The number of hydrogen-bond acceptors (Lipinski definition) is 6. The molecular weight excluding hydrogens is 322 g/mol. The first-order valence-electron chi connectivity index (χ1n) is 6.75. The number of aromatic nitrogens is 2. The summed E-state index contributed by atoms with van der Waals surface area (Å²) in [5.74, 6) is -0.194. The highest BCUT2D eigenvalue weighted by Gasteiger charge is 2.17. The van der Waals surface area contributed by atoms with Crippen LogP contribution in [0.4, 0.5) is 0 Å². The van der Waals surface area contributed by atoms with Crippen LogP contribution in [-0.2, 0) is 22.2 Å². The van der Waals surface area contributed by atoms with Crippen LogP contribution in [0.5, 0.6) is 0 Å². The zero-order chi connectivity index (χ0) is 15.6. The van der Waals surface area contributed by atoms with Crippen LogP contribution in [0, 0.1) is 6.92 Å². The molecule has 8 heteroatoms. The first-order valence-corrected chi connectivity index (χ1v) is 9.22. The molecule has 0 radical (unpaired) electrons. The Labute approximate surface area is 132 Å². The van der Waals surface area contributed by atoms with E-state index in [4.69, 9.17) is 4.52 Å². The van der Waals surface area contributed by atoms with E-state index in [0.29, 0.717) is 24.2 Å². The van der Waals surface area contributed by atoms with Crippen molar-refractivity contribution in [2.24, 2.45) is 0 Å². The second-order valence-corrected chi connectivity index (χ2v) is 8.02. The largest absolute Gasteiger partial charge is 0.356 e. The Bertz CT molecular complexity index is 884. The zero-order valence-electron chi connectivity index (χ0n) is 11.9. The van der Waals surface area contributed by atoms with Crippen LogP contribution in [0.25, 0.3) is 11.0 Å². The van der Waals surface area contributed by atoms with Crippen LogP contribution in [0.15, 0.2) is 35.0 Å². The molecule has 0 aliphatic heterocycles. The topological polar surface area (TPSA) is 85.1 Å². The second kappa shape index (κ2) is 6.15. The fraction of sp³-hybridized carbons (Fsp3) is 0.286. The summed E-state index contributed by atoms with van der Waals surface area (Å²) in [5, 5.41) is 5.49. The maximum atomic E-state index is 12.1. The number of nitrogens with zero attached hydrogens (tertiary/aromatic N) is 2. The fourth-order valence-corrected chi connectivity index (χ4v) is 3.97. The summed E-state index contributed by atoms with van der Waals surface area (Å²) in [6, 6.07) is 7.21. The molecule has 0 aliphatic rings. The lowest BCUT2D eigenvalue weighted by Gasteiger charge is -2.04. The van der Waals surface area contributed by atoms with Crippen LogP contribution < -0.4 is 4.72 Å². The van der Waals surface area contributed by atoms with E-state index >= 15 is 0 Å². The molecule has 2 heterocycles. The van der Waals surface area contributed by atoms with Gasteiger partial charge in [0.05, 0.1) is 5.01 Å². The van der Waals surface area contributed by atoms with Crippen molar-refractivity contribution in [3.8, 4) is 0 Å². The fourth-order valence-electron chi connectivity index (χ4n) is 2.10. The lowest BCUT2D eigenvalue weighted by molar-refractivity contribution is 0.448. The van der Waals surface area contributed by atoms with Crippen molar-refractivity contribution in [3.63, 3.8) is 0 Å². The van der Waals surface area contributed by atoms with Crippen molar-refractivity contribution in [3.05, 3.63) is 46.0 Å². The van der Waals surface area contributed by atoms with Gasteiger partial charge in [0.25, 0.3) is 0 Å². The van der Waals surface area contributed by atoms with Crippen LogP contribution in [0.1, 0.15) is 15.6 Å². The van der Waals surface area contributed by atoms with Gasteiger partial charge < -0.3 is 4.52 Å². The molecule has 0 atom stereocenters. The van der Waals surface area contributed by atoms with Crippen LogP contribution >= 0.6 is 11.3 Å². The second-order valence-electron chi connectivity index (χ2n) is 4.89. The zero-order valence-corrected chi connectivity index (χ0v) is 13.6. The highest BCUT2D eigenvalue weighted by atomic mass is 32.2. The molecule has 0 amide bonds. The van der Waals surface area contributed by atoms with Crippen molar-refractivity contribution >= 4 is 32.3 Å². The van der Waals surface area contributed by atoms with Crippen LogP contribution in [-0.4, -0.2) is 25.1 Å². The summed E-state index contributed by atoms with van der Waals surface area (Å²) < 4.78 is 32.0. The average molecular weight is 337 g/mol. The van der Waals surface area contributed by atoms with Crippen molar-refractivity contribution in [2.45, 2.75) is 19.1 Å². The molecule has 0 saturated heterocycles. The van der Waals surface area contributed by atoms with Gasteiger partial charge in [-0.2, -0.15) is 0 Å². The van der Waals surface area contributed by atoms with E-state index in [1.807, 2.05) is 19.1 Å². The van der Waals surface area contributed by atoms with E-state index in [9.17, 15) is 8.42 Å². The van der Waals surface area contributed by atoms with E-state index in [1.165, 1.54) is 0 Å². The van der Waals surface area contributed by atoms with Gasteiger partial charge in [0.15, 0.2) is 5.58 Å². The van der Waals surface area contributed by atoms with Gasteiger partial charge in [-0.25, -0.2) is 18.1 Å². The Morgan fingerprint density at radius 2 is 2.14 bits per heavy atom. The Hall–Kier alpha value is -1.77. The molecule has 0 saturated carbocycles. The van der Waals surface area contributed by atoms with Gasteiger partial charge in [-0.3, -0.25) is 0 Å². The molecule has 0 spiro atoms. The molecule has 6 nitrogen and oxygen atoms in total. The summed E-state index contributed by atoms with van der Waals surface area (Å²) in [6.07, 6.45) is 2.37. The van der Waals surface area contributed by atoms with Gasteiger partial charge in [0.1, 0.15) is 11.4 Å². The summed E-state index contributed by atoms with van der Waals surface area (Å²) >= 11 is 1.57. The lowest BCUT2D eigenvalue weighted by atomic mass is 10.2. The van der Waals surface area contributed by atoms with E-state index in [-0.39, 0.29) is 5.75 Å². The van der Waals surface area contributed by atoms with Crippen molar-refractivity contribution in [1.29, 1.82) is 0 Å². The smallest absolute Gasteiger partial charge is 0.217 e. The van der Waals surface area contributed by atoms with Crippen molar-refractivity contribution < 1.29 is 12.9 Å². The third-order valence-corrected chi connectivity index (χ3v) is 5.38. The van der Waals surface area contributed by atoms with Gasteiger partial charge in [0.2, 0.25) is 10.0 Å². The summed E-state index contributed by atoms with van der Waals surface area (Å²) in [6.45, 7) is 2.30. The Balaban J connectivity index is 1.63. The summed E-state index contributed by atoms with van der Waals surface area (Å²) in [4.78, 5) is 5.33. The maximum absolute atomic E-state index is 12.1. The lowest BCUT2D eigenvalue weighted by Crippen LogP contribution is -2.27. The predicted octanol–water partition coefficient (Wildman–Crippen LogP) is 2.25. The Morgan fingerprint density at radius 1 is 1.32 bits per heavy atom. The minimum Gasteiger partial charge on any atom is -0.356 e. The molecule has 3 aromatic rings. The minimum atomic E-state index is -3.45. The number of fused-ring (bicyclic) bond motifs is 1. The number of aryl methyl sites for hydroxylation is 1. The third-order valence-electron chi connectivity index (χ3n) is 3.11. The number of thiazole rings is 1. The molecule has 22 heavy (non-hydrogen) atoms. The third kappa shape index (κ3) is 3.52. The average Bonchev–Trinajstić information content (AvgIpc) is 3.06. The predicted molar refractivity (Wildman–Crippen MR) is 85.2 cm³/mol. The number of nitrogens with one attached hydrogen (secondary N) is 1. The molecule has 0 unspecified atom stereocenters. The molecule has 116 valence electrons. The number of para-hydroxylation sites is 1. The molecule has 1 N–H and O–H groups in total. The van der Waals surface area contributed by atoms with Gasteiger partial charge >= 0.3 is 0 Å². The molecule has 3 rings (SSSR count). The number of hydrogen-bond donors (Lipinski definition) is 1. The summed E-state index contributed by atoms with van der Waals surface area (Å²) in [7, 11) is -3.45. The van der Waals surface area contributed by atoms with Crippen LogP contribution in [0.2, 0.25) is 0 Å². The van der Waals surface area contributed by atoms with Gasteiger partial charge in [-0.05, 0) is 19.1 Å². The summed E-state index contributed by atoms with van der Waals surface area (Å²) in [5.41, 5.74) is 1.01. The molecule has 0 fully saturated rings. The standard InChI is InChI=1S/C14H15N3O3S2/c1-10-8-15-14(21-10)6-7-16-22(18,19)9-12-11-4-2-3-5-13(11)20-17-12/h2-5,8,16H,6-7,9H2,1H3. The molecule has 0 bridgehead atoms. The van der Waals surface area contributed by atoms with Crippen molar-refractivity contribution in [2.75, 3.05) is 6.54 Å². The minimum absolute atomic E-state index is 0.194. The number of rotatable bonds is 6. The van der Waals surface area contributed by atoms with E-state index < -0.39 is 10.0 Å². The van der Waals surface area contributed by atoms with E-state index in [1.54, 1.807) is 29.7 Å². The van der Waals surface area contributed by atoms with Gasteiger partial charge in [-0.15, -0.1) is 11.3 Å². The molecule has 1 aromatic carbocycles. The quantitative estimate of drug-likeness (QED) is 0.746. The number of benzene rings is 1. The highest BCUT2D eigenvalue weighted by Crippen LogP contribution is 2.19. The van der Waals surface area contributed by atoms with E-state index in [0.717, 1.165) is 15.3 Å². The SMILES string of the molecule is Cc1cnc(CCNS(=O)(=O)Cc2noc3ccccc23)s1. The van der Waals surface area contributed by atoms with Gasteiger partial charge in [0, 0.05) is 29.4 Å². The molecular formula is C14H15N3O3S2. The van der Waals surface area contributed by atoms with Crippen molar-refractivity contribution in [1.82, 2.24) is 14.9 Å².